The lowest BCUT2D eigenvalue weighted by atomic mass is 10.0. The Morgan fingerprint density at radius 3 is 2.79 bits per heavy atom. The lowest BCUT2D eigenvalue weighted by molar-refractivity contribution is -0.121. The molecule has 3 rings (SSSR count). The zero-order chi connectivity index (χ0) is 20.6. The van der Waals surface area contributed by atoms with Crippen molar-refractivity contribution in [1.82, 2.24) is 14.9 Å². The Kier molecular flexibility index (Phi) is 6.84. The molecule has 0 fully saturated rings. The fourth-order valence-corrected chi connectivity index (χ4v) is 3.14. The first-order valence-corrected chi connectivity index (χ1v) is 9.82. The molecule has 0 spiro atoms. The molecule has 3 aromatic rings. The van der Waals surface area contributed by atoms with Crippen LogP contribution in [0.4, 0.5) is 5.95 Å². The van der Waals surface area contributed by atoms with Crippen molar-refractivity contribution in [3.8, 4) is 11.3 Å². The molecule has 152 valence electrons. The SMILES string of the molecule is CCCC(=O)NCCn1c(N)nc(CCc2cccc(-c3ccco3)c2)cc1=O. The Balaban J connectivity index is 1.61. The van der Waals surface area contributed by atoms with Gasteiger partial charge in [0.25, 0.3) is 5.56 Å². The number of hydrogen-bond acceptors (Lipinski definition) is 5. The molecular weight excluding hydrogens is 368 g/mol. The fraction of sp³-hybridized carbons (Fsp3) is 0.318. The summed E-state index contributed by atoms with van der Waals surface area (Å²) >= 11 is 0. The number of nitrogens with one attached hydrogen (secondary N) is 1. The van der Waals surface area contributed by atoms with Crippen molar-refractivity contribution in [3.63, 3.8) is 0 Å². The van der Waals surface area contributed by atoms with Gasteiger partial charge in [-0.1, -0.05) is 25.1 Å². The van der Waals surface area contributed by atoms with Crippen LogP contribution < -0.4 is 16.6 Å². The number of nitrogens with two attached hydrogens (primary N) is 1. The van der Waals surface area contributed by atoms with Crippen molar-refractivity contribution in [2.45, 2.75) is 39.2 Å². The second kappa shape index (κ2) is 9.73. The molecule has 7 heteroatoms. The average molecular weight is 394 g/mol. The first-order chi connectivity index (χ1) is 14.1. The lowest BCUT2D eigenvalue weighted by Gasteiger charge is -2.11. The van der Waals surface area contributed by atoms with E-state index in [4.69, 9.17) is 10.2 Å². The highest BCUT2D eigenvalue weighted by molar-refractivity contribution is 5.75. The third-order valence-electron chi connectivity index (χ3n) is 4.63. The number of nitrogen functional groups attached to an aromatic ring is 1. The molecule has 0 aliphatic rings. The van der Waals surface area contributed by atoms with Crippen LogP contribution in [0.1, 0.15) is 31.0 Å². The smallest absolute Gasteiger partial charge is 0.255 e. The number of carbonyl (C=O) groups is 1. The molecule has 2 heterocycles. The minimum absolute atomic E-state index is 0.0273. The summed E-state index contributed by atoms with van der Waals surface area (Å²) < 4.78 is 6.83. The molecule has 0 aliphatic carbocycles. The number of aromatic nitrogens is 2. The Morgan fingerprint density at radius 2 is 2.07 bits per heavy atom. The van der Waals surface area contributed by atoms with Gasteiger partial charge >= 0.3 is 0 Å². The summed E-state index contributed by atoms with van der Waals surface area (Å²) in [6.45, 7) is 2.60. The van der Waals surface area contributed by atoms with E-state index < -0.39 is 0 Å². The number of anilines is 1. The van der Waals surface area contributed by atoms with Crippen LogP contribution in [0, 0.1) is 0 Å². The molecule has 0 bridgehead atoms. The maximum absolute atomic E-state index is 12.4. The van der Waals surface area contributed by atoms with Gasteiger partial charge in [0.15, 0.2) is 0 Å². The van der Waals surface area contributed by atoms with Crippen LogP contribution in [0.3, 0.4) is 0 Å². The van der Waals surface area contributed by atoms with E-state index in [1.165, 1.54) is 10.6 Å². The lowest BCUT2D eigenvalue weighted by Crippen LogP contribution is -2.32. The maximum Gasteiger partial charge on any atom is 0.255 e. The zero-order valence-corrected chi connectivity index (χ0v) is 16.6. The molecule has 0 saturated carbocycles. The summed E-state index contributed by atoms with van der Waals surface area (Å²) in [6, 6.07) is 13.4. The van der Waals surface area contributed by atoms with E-state index in [1.54, 1.807) is 6.26 Å². The molecule has 0 radical (unpaired) electrons. The Morgan fingerprint density at radius 1 is 1.21 bits per heavy atom. The molecule has 0 saturated heterocycles. The summed E-state index contributed by atoms with van der Waals surface area (Å²) in [4.78, 5) is 28.3. The topological polar surface area (TPSA) is 103 Å². The summed E-state index contributed by atoms with van der Waals surface area (Å²) in [6.07, 6.45) is 4.25. The van der Waals surface area contributed by atoms with Gasteiger partial charge < -0.3 is 15.5 Å². The van der Waals surface area contributed by atoms with Gasteiger partial charge in [0.1, 0.15) is 5.76 Å². The number of aryl methyl sites for hydroxylation is 2. The van der Waals surface area contributed by atoms with Crippen LogP contribution in [0.2, 0.25) is 0 Å². The summed E-state index contributed by atoms with van der Waals surface area (Å²) in [5, 5.41) is 2.77. The van der Waals surface area contributed by atoms with Gasteiger partial charge in [-0.05, 0) is 43.0 Å². The van der Waals surface area contributed by atoms with E-state index in [1.807, 2.05) is 37.3 Å². The Hall–Kier alpha value is -3.35. The summed E-state index contributed by atoms with van der Waals surface area (Å²) in [7, 11) is 0. The molecular formula is C22H26N4O3. The third-order valence-corrected chi connectivity index (χ3v) is 4.63. The minimum atomic E-state index is -0.207. The van der Waals surface area contributed by atoms with Gasteiger partial charge in [-0.2, -0.15) is 0 Å². The highest BCUT2D eigenvalue weighted by Gasteiger charge is 2.08. The molecule has 0 aliphatic heterocycles. The molecule has 0 unspecified atom stereocenters. The number of rotatable bonds is 9. The van der Waals surface area contributed by atoms with Crippen LogP contribution >= 0.6 is 0 Å². The van der Waals surface area contributed by atoms with Gasteiger partial charge in [-0.3, -0.25) is 14.2 Å². The normalized spacial score (nSPS) is 10.8. The largest absolute Gasteiger partial charge is 0.464 e. The second-order valence-corrected chi connectivity index (χ2v) is 6.87. The van der Waals surface area contributed by atoms with Crippen LogP contribution in [-0.4, -0.2) is 22.0 Å². The first-order valence-electron chi connectivity index (χ1n) is 9.82. The molecule has 1 amide bonds. The molecule has 0 atom stereocenters. The van der Waals surface area contributed by atoms with Gasteiger partial charge in [0.2, 0.25) is 11.9 Å². The maximum atomic E-state index is 12.4. The van der Waals surface area contributed by atoms with Gasteiger partial charge in [0, 0.05) is 31.1 Å². The molecule has 29 heavy (non-hydrogen) atoms. The van der Waals surface area contributed by atoms with E-state index in [9.17, 15) is 9.59 Å². The zero-order valence-electron chi connectivity index (χ0n) is 16.6. The van der Waals surface area contributed by atoms with Crippen LogP contribution in [0.25, 0.3) is 11.3 Å². The molecule has 3 N–H and O–H groups in total. The van der Waals surface area contributed by atoms with Crippen molar-refractivity contribution < 1.29 is 9.21 Å². The average Bonchev–Trinajstić information content (AvgIpc) is 3.24. The van der Waals surface area contributed by atoms with E-state index in [0.29, 0.717) is 31.6 Å². The predicted octanol–water partition coefficient (Wildman–Crippen LogP) is 2.79. The number of carbonyl (C=O) groups excluding carboxylic acids is 1. The van der Waals surface area contributed by atoms with Crippen LogP contribution in [0.15, 0.2) is 57.9 Å². The molecule has 1 aromatic carbocycles. The van der Waals surface area contributed by atoms with Crippen molar-refractivity contribution in [3.05, 3.63) is 70.3 Å². The monoisotopic (exact) mass is 394 g/mol. The second-order valence-electron chi connectivity index (χ2n) is 6.87. The number of furan rings is 1. The van der Waals surface area contributed by atoms with Crippen LogP contribution in [-0.2, 0) is 24.2 Å². The van der Waals surface area contributed by atoms with E-state index in [0.717, 1.165) is 29.7 Å². The number of benzene rings is 1. The van der Waals surface area contributed by atoms with Crippen molar-refractivity contribution >= 4 is 11.9 Å². The van der Waals surface area contributed by atoms with Gasteiger partial charge in [-0.15, -0.1) is 0 Å². The van der Waals surface area contributed by atoms with Crippen molar-refractivity contribution in [1.29, 1.82) is 0 Å². The van der Waals surface area contributed by atoms with Gasteiger partial charge in [-0.25, -0.2) is 4.98 Å². The molecule has 7 nitrogen and oxygen atoms in total. The van der Waals surface area contributed by atoms with Crippen LogP contribution in [0.5, 0.6) is 0 Å². The van der Waals surface area contributed by atoms with Gasteiger partial charge in [0.05, 0.1) is 12.0 Å². The highest BCUT2D eigenvalue weighted by atomic mass is 16.3. The Bertz CT molecular complexity index is 1010. The summed E-state index contributed by atoms with van der Waals surface area (Å²) in [5.41, 5.74) is 8.57. The quantitative estimate of drug-likeness (QED) is 0.581. The standard InChI is InChI=1S/C22H26N4O3/c1-2-5-20(27)24-11-12-26-21(28)15-18(25-22(26)23)10-9-16-6-3-7-17(14-16)19-8-4-13-29-19/h3-4,6-8,13-15H,2,5,9-12H2,1H3,(H2,23,25)(H,24,27). The van der Waals surface area contributed by atoms with E-state index in [-0.39, 0.29) is 17.4 Å². The fourth-order valence-electron chi connectivity index (χ4n) is 3.14. The van der Waals surface area contributed by atoms with Crippen molar-refractivity contribution in [2.24, 2.45) is 0 Å². The van der Waals surface area contributed by atoms with E-state index >= 15 is 0 Å². The van der Waals surface area contributed by atoms with Crippen molar-refractivity contribution in [2.75, 3.05) is 12.3 Å². The predicted molar refractivity (Wildman–Crippen MR) is 112 cm³/mol. The molecule has 2 aromatic heterocycles. The summed E-state index contributed by atoms with van der Waals surface area (Å²) in [5.74, 6) is 0.963. The Labute approximate surface area is 169 Å². The highest BCUT2D eigenvalue weighted by Crippen LogP contribution is 2.21. The first kappa shape index (κ1) is 20.4. The van der Waals surface area contributed by atoms with E-state index in [2.05, 4.69) is 16.4 Å². The minimum Gasteiger partial charge on any atom is -0.464 e. The third kappa shape index (κ3) is 5.57. The number of amides is 1. The number of nitrogens with zero attached hydrogens (tertiary/aromatic N) is 2. The number of hydrogen-bond donors (Lipinski definition) is 2.